The largest absolute Gasteiger partial charge is 0.508 e. The van der Waals surface area contributed by atoms with Crippen LogP contribution >= 0.6 is 0 Å². The molecule has 0 aromatic heterocycles. The van der Waals surface area contributed by atoms with Gasteiger partial charge in [0.2, 0.25) is 0 Å². The lowest BCUT2D eigenvalue weighted by atomic mass is 9.75. The molecule has 1 aliphatic heterocycles. The van der Waals surface area contributed by atoms with Crippen LogP contribution in [0.2, 0.25) is 0 Å². The third kappa shape index (κ3) is 2.37. The van der Waals surface area contributed by atoms with E-state index in [0.29, 0.717) is 11.7 Å². The van der Waals surface area contributed by atoms with E-state index in [2.05, 4.69) is 39.3 Å². The summed E-state index contributed by atoms with van der Waals surface area (Å²) in [7, 11) is 2.08. The van der Waals surface area contributed by atoms with E-state index in [1.807, 2.05) is 13.0 Å². The zero-order valence-electron chi connectivity index (χ0n) is 11.3. The Morgan fingerprint density at radius 1 is 1.50 bits per heavy atom. The highest BCUT2D eigenvalue weighted by Gasteiger charge is 2.39. The van der Waals surface area contributed by atoms with Crippen LogP contribution in [0.25, 0.3) is 0 Å². The zero-order valence-corrected chi connectivity index (χ0v) is 11.3. The van der Waals surface area contributed by atoms with Gasteiger partial charge in [0.1, 0.15) is 12.8 Å². The third-order valence-electron chi connectivity index (χ3n) is 3.78. The first-order valence-corrected chi connectivity index (χ1v) is 5.94. The van der Waals surface area contributed by atoms with Crippen molar-refractivity contribution in [3.05, 3.63) is 23.6 Å². The van der Waals surface area contributed by atoms with E-state index in [4.69, 9.17) is 0 Å². The van der Waals surface area contributed by atoms with Gasteiger partial charge in [-0.25, -0.2) is 4.58 Å². The molecular weight excluding hydrogens is 198 g/mol. The molecule has 1 aliphatic rings. The molecule has 1 heterocycles. The average Bonchev–Trinajstić information content (AvgIpc) is 2.20. The van der Waals surface area contributed by atoms with Crippen molar-refractivity contribution in [2.45, 2.75) is 41.0 Å². The monoisotopic (exact) mass is 222 g/mol. The van der Waals surface area contributed by atoms with Gasteiger partial charge in [0, 0.05) is 24.3 Å². The number of rotatable bonds is 1. The van der Waals surface area contributed by atoms with E-state index in [1.165, 1.54) is 11.4 Å². The second-order valence-electron chi connectivity index (χ2n) is 5.42. The van der Waals surface area contributed by atoms with Crippen LogP contribution in [0.1, 0.15) is 41.0 Å². The van der Waals surface area contributed by atoms with Crippen molar-refractivity contribution >= 4 is 5.71 Å². The maximum atomic E-state index is 9.61. The Hall–Kier alpha value is -1.05. The molecule has 0 unspecified atom stereocenters. The molecule has 0 radical (unpaired) electrons. The smallest absolute Gasteiger partial charge is 0.187 e. The Morgan fingerprint density at radius 2 is 2.06 bits per heavy atom. The van der Waals surface area contributed by atoms with E-state index < -0.39 is 0 Å². The van der Waals surface area contributed by atoms with Crippen molar-refractivity contribution in [1.82, 2.24) is 0 Å². The van der Waals surface area contributed by atoms with Gasteiger partial charge in [-0.3, -0.25) is 0 Å². The standard InChI is InChI=1S/C14H23NO/c1-7-12(16)8-13-10(2)9-14(4,5)11(3)15(13)6/h7-8,10H,9H2,1-6H3/p+1/b12-7+,13-8+/t10-/m1/s1. The van der Waals surface area contributed by atoms with Crippen LogP contribution in [-0.2, 0) is 0 Å². The predicted octanol–water partition coefficient (Wildman–Crippen LogP) is 3.50. The SMILES string of the molecule is C/C=C(O)\C=C1/[C@H](C)CC(C)(C)C(C)=[N+]1C. The molecule has 90 valence electrons. The van der Waals surface area contributed by atoms with Crippen LogP contribution in [0.3, 0.4) is 0 Å². The molecule has 0 aliphatic carbocycles. The average molecular weight is 222 g/mol. The molecule has 2 heteroatoms. The molecule has 0 aromatic carbocycles. The van der Waals surface area contributed by atoms with Crippen molar-refractivity contribution < 1.29 is 9.68 Å². The van der Waals surface area contributed by atoms with Gasteiger partial charge in [0.05, 0.1) is 0 Å². The van der Waals surface area contributed by atoms with E-state index >= 15 is 0 Å². The van der Waals surface area contributed by atoms with Crippen molar-refractivity contribution in [2.75, 3.05) is 7.05 Å². The van der Waals surface area contributed by atoms with E-state index in [9.17, 15) is 5.11 Å². The summed E-state index contributed by atoms with van der Waals surface area (Å²) in [6.07, 6.45) is 4.73. The molecule has 0 saturated carbocycles. The zero-order chi connectivity index (χ0) is 12.5. The molecule has 0 bridgehead atoms. The van der Waals surface area contributed by atoms with E-state index in [1.54, 1.807) is 6.08 Å². The summed E-state index contributed by atoms with van der Waals surface area (Å²) in [5.41, 5.74) is 2.81. The van der Waals surface area contributed by atoms with Gasteiger partial charge in [0.15, 0.2) is 11.4 Å². The van der Waals surface area contributed by atoms with Crippen molar-refractivity contribution in [2.24, 2.45) is 11.3 Å². The molecule has 1 N–H and O–H groups in total. The number of hydrogen-bond acceptors (Lipinski definition) is 1. The fourth-order valence-corrected chi connectivity index (χ4v) is 2.47. The Morgan fingerprint density at radius 3 is 2.56 bits per heavy atom. The minimum atomic E-state index is 0.247. The van der Waals surface area contributed by atoms with Crippen molar-refractivity contribution in [1.29, 1.82) is 0 Å². The molecule has 0 saturated heterocycles. The first-order chi connectivity index (χ1) is 7.29. The summed E-state index contributed by atoms with van der Waals surface area (Å²) in [4.78, 5) is 0. The van der Waals surface area contributed by atoms with Crippen LogP contribution < -0.4 is 0 Å². The van der Waals surface area contributed by atoms with Crippen LogP contribution in [0.4, 0.5) is 0 Å². The van der Waals surface area contributed by atoms with Gasteiger partial charge in [-0.05, 0) is 19.4 Å². The topological polar surface area (TPSA) is 23.2 Å². The van der Waals surface area contributed by atoms with Gasteiger partial charge in [0.25, 0.3) is 0 Å². The van der Waals surface area contributed by atoms with Crippen molar-refractivity contribution in [3.8, 4) is 0 Å². The normalized spacial score (nSPS) is 28.8. The maximum absolute atomic E-state index is 9.61. The second-order valence-corrected chi connectivity index (χ2v) is 5.42. The first-order valence-electron chi connectivity index (χ1n) is 5.94. The fraction of sp³-hybridized carbons (Fsp3) is 0.643. The Kier molecular flexibility index (Phi) is 3.61. The van der Waals surface area contributed by atoms with Crippen LogP contribution in [0, 0.1) is 11.3 Å². The molecule has 0 amide bonds. The number of nitrogens with zero attached hydrogens (tertiary/aromatic N) is 1. The number of aliphatic hydroxyl groups excluding tert-OH is 1. The van der Waals surface area contributed by atoms with Gasteiger partial charge in [-0.2, -0.15) is 0 Å². The third-order valence-corrected chi connectivity index (χ3v) is 3.78. The summed E-state index contributed by atoms with van der Waals surface area (Å²) < 4.78 is 2.22. The van der Waals surface area contributed by atoms with Crippen LogP contribution in [0.15, 0.2) is 23.6 Å². The molecule has 1 rings (SSSR count). The predicted molar refractivity (Wildman–Crippen MR) is 68.9 cm³/mol. The highest BCUT2D eigenvalue weighted by molar-refractivity contribution is 5.83. The fourth-order valence-electron chi connectivity index (χ4n) is 2.47. The van der Waals surface area contributed by atoms with E-state index in [0.717, 1.165) is 6.42 Å². The second kappa shape index (κ2) is 4.44. The minimum Gasteiger partial charge on any atom is -0.508 e. The van der Waals surface area contributed by atoms with Crippen LogP contribution in [-0.4, -0.2) is 22.4 Å². The molecule has 16 heavy (non-hydrogen) atoms. The van der Waals surface area contributed by atoms with Gasteiger partial charge < -0.3 is 5.11 Å². The van der Waals surface area contributed by atoms with Gasteiger partial charge >= 0.3 is 0 Å². The molecule has 0 spiro atoms. The summed E-state index contributed by atoms with van der Waals surface area (Å²) in [5.74, 6) is 0.826. The lowest BCUT2D eigenvalue weighted by Crippen LogP contribution is -2.38. The lowest BCUT2D eigenvalue weighted by Gasteiger charge is -2.31. The lowest BCUT2D eigenvalue weighted by molar-refractivity contribution is -0.463. The first kappa shape index (κ1) is 13.0. The van der Waals surface area contributed by atoms with Crippen LogP contribution in [0.5, 0.6) is 0 Å². The highest BCUT2D eigenvalue weighted by atomic mass is 16.3. The van der Waals surface area contributed by atoms with Gasteiger partial charge in [-0.1, -0.05) is 20.8 Å². The van der Waals surface area contributed by atoms with Gasteiger partial charge in [-0.15, -0.1) is 0 Å². The Labute approximate surface area is 99.0 Å². The maximum Gasteiger partial charge on any atom is 0.187 e. The number of aliphatic hydroxyl groups is 1. The summed E-state index contributed by atoms with van der Waals surface area (Å²) in [6, 6.07) is 0. The molecular formula is C14H24NO+. The molecule has 0 fully saturated rings. The quantitative estimate of drug-likeness (QED) is 0.532. The Balaban J connectivity index is 3.24. The highest BCUT2D eigenvalue weighted by Crippen LogP contribution is 2.35. The minimum absolute atomic E-state index is 0.247. The molecule has 1 atom stereocenters. The summed E-state index contributed by atoms with van der Waals surface area (Å²) in [5, 5.41) is 9.61. The number of hydrogen-bond donors (Lipinski definition) is 1. The summed E-state index contributed by atoms with van der Waals surface area (Å²) in [6.45, 7) is 10.8. The van der Waals surface area contributed by atoms with Crippen molar-refractivity contribution in [3.63, 3.8) is 0 Å². The summed E-state index contributed by atoms with van der Waals surface area (Å²) >= 11 is 0. The molecule has 2 nitrogen and oxygen atoms in total. The molecule has 0 aromatic rings. The number of allylic oxidation sites excluding steroid dienone is 3. The Bertz CT molecular complexity index is 372. The van der Waals surface area contributed by atoms with E-state index in [-0.39, 0.29) is 5.41 Å².